The molecule has 1 aromatic heterocycles. The van der Waals surface area contributed by atoms with Crippen LogP contribution in [0.1, 0.15) is 13.8 Å². The fourth-order valence-electron chi connectivity index (χ4n) is 3.55. The number of rotatable bonds is 5. The Hall–Kier alpha value is -2.45. The van der Waals surface area contributed by atoms with Crippen molar-refractivity contribution in [3.8, 4) is 5.69 Å². The van der Waals surface area contributed by atoms with E-state index in [1.165, 1.54) is 10.4 Å². The lowest BCUT2D eigenvalue weighted by atomic mass is 9.87. The Kier molecular flexibility index (Phi) is 5.48. The minimum Gasteiger partial charge on any atom is -0.349 e. The van der Waals surface area contributed by atoms with Crippen molar-refractivity contribution in [1.82, 2.24) is 19.4 Å². The van der Waals surface area contributed by atoms with Crippen molar-refractivity contribution in [2.45, 2.75) is 24.8 Å². The third kappa shape index (κ3) is 3.96. The lowest BCUT2D eigenvalue weighted by Crippen LogP contribution is -2.55. The second-order valence-electron chi connectivity index (χ2n) is 6.96. The normalized spacial score (nSPS) is 23.7. The van der Waals surface area contributed by atoms with Gasteiger partial charge < -0.3 is 5.32 Å². The maximum atomic E-state index is 13.1. The van der Waals surface area contributed by atoms with Gasteiger partial charge in [-0.15, -0.1) is 0 Å². The first-order valence-corrected chi connectivity index (χ1v) is 10.3. The number of carbonyl (C=O) groups excluding carboxylic acids is 1. The van der Waals surface area contributed by atoms with Crippen molar-refractivity contribution in [2.75, 3.05) is 13.1 Å². The van der Waals surface area contributed by atoms with E-state index in [4.69, 9.17) is 0 Å². The predicted molar refractivity (Wildman–Crippen MR) is 103 cm³/mol. The molecule has 8 heteroatoms. The number of hydrogen-bond donors (Lipinski definition) is 1. The van der Waals surface area contributed by atoms with Crippen LogP contribution in [0, 0.1) is 11.8 Å². The molecular formula is C19H24N4O3S. The van der Waals surface area contributed by atoms with E-state index in [2.05, 4.69) is 17.0 Å². The van der Waals surface area contributed by atoms with Crippen LogP contribution in [-0.4, -0.2) is 47.5 Å². The van der Waals surface area contributed by atoms with E-state index in [-0.39, 0.29) is 28.7 Å². The third-order valence-corrected chi connectivity index (χ3v) is 6.79. The van der Waals surface area contributed by atoms with Gasteiger partial charge in [-0.1, -0.05) is 20.4 Å². The fourth-order valence-corrected chi connectivity index (χ4v) is 5.19. The van der Waals surface area contributed by atoms with Gasteiger partial charge in [0.05, 0.1) is 10.6 Å². The zero-order valence-corrected chi connectivity index (χ0v) is 16.3. The molecule has 1 amide bonds. The molecule has 0 aliphatic carbocycles. The zero-order chi connectivity index (χ0) is 19.6. The number of piperidine rings is 1. The Bertz CT molecular complexity index is 895. The predicted octanol–water partition coefficient (Wildman–Crippen LogP) is 1.82. The lowest BCUT2D eigenvalue weighted by molar-refractivity contribution is -0.118. The molecule has 1 aliphatic heterocycles. The van der Waals surface area contributed by atoms with Crippen LogP contribution in [0.25, 0.3) is 5.69 Å². The molecule has 7 nitrogen and oxygen atoms in total. The summed E-state index contributed by atoms with van der Waals surface area (Å²) in [5.41, 5.74) is 0.798. The highest BCUT2D eigenvalue weighted by Gasteiger charge is 2.38. The molecule has 0 saturated carbocycles. The van der Waals surface area contributed by atoms with Gasteiger partial charge in [-0.3, -0.25) is 4.79 Å². The van der Waals surface area contributed by atoms with Crippen molar-refractivity contribution in [2.24, 2.45) is 11.8 Å². The van der Waals surface area contributed by atoms with Crippen LogP contribution in [-0.2, 0) is 14.8 Å². The maximum absolute atomic E-state index is 13.1. The van der Waals surface area contributed by atoms with Crippen LogP contribution in [0.4, 0.5) is 0 Å². The number of nitrogens with zero attached hydrogens (tertiary/aromatic N) is 3. The first-order valence-electron chi connectivity index (χ1n) is 8.86. The summed E-state index contributed by atoms with van der Waals surface area (Å²) in [4.78, 5) is 11.9. The van der Waals surface area contributed by atoms with Crippen LogP contribution in [0.5, 0.6) is 0 Å². The first kappa shape index (κ1) is 19.3. The molecule has 0 spiro atoms. The van der Waals surface area contributed by atoms with Gasteiger partial charge in [0, 0.05) is 31.5 Å². The van der Waals surface area contributed by atoms with Gasteiger partial charge in [0.2, 0.25) is 15.9 Å². The zero-order valence-electron chi connectivity index (χ0n) is 15.4. The van der Waals surface area contributed by atoms with E-state index in [9.17, 15) is 13.2 Å². The van der Waals surface area contributed by atoms with E-state index >= 15 is 0 Å². The Morgan fingerprint density at radius 1 is 1.22 bits per heavy atom. The largest absolute Gasteiger partial charge is 0.349 e. The second-order valence-corrected chi connectivity index (χ2v) is 8.90. The molecule has 1 saturated heterocycles. The summed E-state index contributed by atoms with van der Waals surface area (Å²) in [5.74, 6) is -0.240. The highest BCUT2D eigenvalue weighted by Crippen LogP contribution is 2.27. The number of carbonyl (C=O) groups is 1. The molecule has 2 heterocycles. The summed E-state index contributed by atoms with van der Waals surface area (Å²) in [6.07, 6.45) is 4.71. The molecule has 3 rings (SSSR count). The van der Waals surface area contributed by atoms with E-state index in [1.807, 2.05) is 19.9 Å². The van der Waals surface area contributed by atoms with Crippen molar-refractivity contribution in [3.63, 3.8) is 0 Å². The van der Waals surface area contributed by atoms with E-state index < -0.39 is 10.0 Å². The molecule has 1 fully saturated rings. The van der Waals surface area contributed by atoms with Crippen molar-refractivity contribution in [1.29, 1.82) is 0 Å². The molecule has 1 N–H and O–H groups in total. The summed E-state index contributed by atoms with van der Waals surface area (Å²) < 4.78 is 29.3. The summed E-state index contributed by atoms with van der Waals surface area (Å²) in [7, 11) is -3.60. The number of amides is 1. The van der Waals surface area contributed by atoms with Gasteiger partial charge in [0.25, 0.3) is 0 Å². The van der Waals surface area contributed by atoms with Gasteiger partial charge in [-0.05, 0) is 48.2 Å². The Morgan fingerprint density at radius 3 is 2.37 bits per heavy atom. The summed E-state index contributed by atoms with van der Waals surface area (Å²) in [6, 6.07) is 8.42. The third-order valence-electron chi connectivity index (χ3n) is 4.95. The first-order chi connectivity index (χ1) is 12.8. The van der Waals surface area contributed by atoms with E-state index in [0.717, 1.165) is 5.69 Å². The Labute approximate surface area is 159 Å². The average molecular weight is 388 g/mol. The summed E-state index contributed by atoms with van der Waals surface area (Å²) in [6.45, 7) is 8.09. The lowest BCUT2D eigenvalue weighted by Gasteiger charge is -2.40. The van der Waals surface area contributed by atoms with Crippen LogP contribution in [0.15, 0.2) is 60.3 Å². The smallest absolute Gasteiger partial charge is 0.243 e. The molecular weight excluding hydrogens is 364 g/mol. The molecule has 2 unspecified atom stereocenters. The number of nitrogens with one attached hydrogen (secondary N) is 1. The minimum absolute atomic E-state index is 0.00391. The van der Waals surface area contributed by atoms with E-state index in [0.29, 0.717) is 13.1 Å². The molecule has 2 aromatic rings. The van der Waals surface area contributed by atoms with Gasteiger partial charge in [0.1, 0.15) is 0 Å². The summed E-state index contributed by atoms with van der Waals surface area (Å²) >= 11 is 0. The maximum Gasteiger partial charge on any atom is 0.243 e. The number of aromatic nitrogens is 2. The number of benzene rings is 1. The Morgan fingerprint density at radius 2 is 1.85 bits per heavy atom. The number of sulfonamides is 1. The topological polar surface area (TPSA) is 84.3 Å². The van der Waals surface area contributed by atoms with Gasteiger partial charge in [-0.2, -0.15) is 9.40 Å². The van der Waals surface area contributed by atoms with Crippen molar-refractivity contribution < 1.29 is 13.2 Å². The van der Waals surface area contributed by atoms with Gasteiger partial charge in [-0.25, -0.2) is 13.1 Å². The Balaban J connectivity index is 1.77. The monoisotopic (exact) mass is 388 g/mol. The van der Waals surface area contributed by atoms with Crippen molar-refractivity contribution in [3.05, 3.63) is 55.4 Å². The highest BCUT2D eigenvalue weighted by molar-refractivity contribution is 7.89. The van der Waals surface area contributed by atoms with Crippen LogP contribution >= 0.6 is 0 Å². The molecule has 2 atom stereocenters. The van der Waals surface area contributed by atoms with Crippen LogP contribution in [0.3, 0.4) is 0 Å². The molecule has 0 radical (unpaired) electrons. The minimum atomic E-state index is -3.60. The quantitative estimate of drug-likeness (QED) is 0.792. The fraction of sp³-hybridized carbons (Fsp3) is 0.368. The highest BCUT2D eigenvalue weighted by atomic mass is 32.2. The average Bonchev–Trinajstić information content (AvgIpc) is 3.19. The van der Waals surface area contributed by atoms with Gasteiger partial charge >= 0.3 is 0 Å². The molecule has 27 heavy (non-hydrogen) atoms. The van der Waals surface area contributed by atoms with Gasteiger partial charge in [0.15, 0.2) is 0 Å². The standard InChI is InChI=1S/C19H24N4O3S/c1-4-18(24)21-19-14(2)12-22(13-15(19)3)27(25,26)17-8-6-16(7-9-17)23-11-5-10-20-23/h4-11,14-15,19H,1,12-13H2,2-3H3,(H,21,24). The number of hydrogen-bond acceptors (Lipinski definition) is 4. The SMILES string of the molecule is C=CC(=O)NC1C(C)CN(S(=O)(=O)c2ccc(-n3cccn3)cc2)CC1C. The molecule has 1 aromatic carbocycles. The van der Waals surface area contributed by atoms with E-state index in [1.54, 1.807) is 41.3 Å². The molecule has 144 valence electrons. The van der Waals surface area contributed by atoms with Crippen LogP contribution < -0.4 is 5.32 Å². The second kappa shape index (κ2) is 7.66. The molecule has 0 bridgehead atoms. The van der Waals surface area contributed by atoms with Crippen LogP contribution in [0.2, 0.25) is 0 Å². The molecule has 1 aliphatic rings. The van der Waals surface area contributed by atoms with Crippen molar-refractivity contribution >= 4 is 15.9 Å². The summed E-state index contributed by atoms with van der Waals surface area (Å²) in [5, 5.41) is 7.06.